The summed E-state index contributed by atoms with van der Waals surface area (Å²) >= 11 is 1.49. The molecule has 1 saturated carbocycles. The van der Waals surface area contributed by atoms with Gasteiger partial charge < -0.3 is 19.4 Å². The molecular formula is C41H52N6O5S. The van der Waals surface area contributed by atoms with Gasteiger partial charge in [0.2, 0.25) is 5.91 Å². The van der Waals surface area contributed by atoms with Gasteiger partial charge in [-0.3, -0.25) is 24.4 Å². The summed E-state index contributed by atoms with van der Waals surface area (Å²) in [6.45, 7) is 13.6. The first-order valence-corrected chi connectivity index (χ1v) is 19.8. The molecule has 1 aromatic carbocycles. The molecule has 0 spiro atoms. The van der Waals surface area contributed by atoms with Gasteiger partial charge in [-0.1, -0.05) is 26.8 Å². The second-order valence-corrected chi connectivity index (χ2v) is 17.1. The number of esters is 1. The number of carbonyl (C=O) groups excluding carboxylic acids is 3. The molecule has 53 heavy (non-hydrogen) atoms. The van der Waals surface area contributed by atoms with Crippen molar-refractivity contribution in [2.24, 2.45) is 17.3 Å². The van der Waals surface area contributed by atoms with Gasteiger partial charge in [0.25, 0.3) is 5.91 Å². The number of aryl methyl sites for hydroxylation is 1. The van der Waals surface area contributed by atoms with E-state index in [2.05, 4.69) is 67.3 Å². The molecule has 7 rings (SSSR count). The number of methoxy groups -OCH3 is 1. The van der Waals surface area contributed by atoms with Crippen LogP contribution >= 0.6 is 11.3 Å². The monoisotopic (exact) mass is 740 g/mol. The fourth-order valence-electron chi connectivity index (χ4n) is 8.17. The number of nitrogens with zero attached hydrogens (tertiary/aromatic N) is 4. The molecule has 6 bridgehead atoms. The van der Waals surface area contributed by atoms with Crippen LogP contribution < -0.4 is 10.7 Å². The zero-order chi connectivity index (χ0) is 37.7. The third-order valence-electron chi connectivity index (χ3n) is 11.5. The van der Waals surface area contributed by atoms with Crippen LogP contribution in [0.15, 0.2) is 41.9 Å². The number of carbonyl (C=O) groups is 3. The maximum absolute atomic E-state index is 14.4. The topological polar surface area (TPSA) is 128 Å². The first-order chi connectivity index (χ1) is 25.3. The zero-order valence-electron chi connectivity index (χ0n) is 32.0. The number of ether oxygens (including phenoxy) is 2. The number of rotatable bonds is 6. The molecule has 5 heterocycles. The highest BCUT2D eigenvalue weighted by Gasteiger charge is 2.45. The SMILES string of the molecule is CCn1c(-c2cccnc2[C@H](C)OC)c2c3cc(ccc31)-c1csc(n1)CC(C)(NC(=O)[C@@H]1CC[C@H]1C)C(=O)N1CCC[C@H](N1)C(=O)OCC(C)(C)C2. The number of aromatic nitrogens is 3. The van der Waals surface area contributed by atoms with Crippen LogP contribution in [0.3, 0.4) is 0 Å². The molecule has 3 aromatic heterocycles. The second-order valence-electron chi connectivity index (χ2n) is 16.1. The fourth-order valence-corrected chi connectivity index (χ4v) is 9.13. The summed E-state index contributed by atoms with van der Waals surface area (Å²) in [6.07, 6.45) is 5.40. The molecule has 2 amide bonds. The number of nitrogens with one attached hydrogen (secondary N) is 2. The molecule has 3 aliphatic rings. The fraction of sp³-hybridized carbons (Fsp3) is 0.537. The van der Waals surface area contributed by atoms with Crippen molar-refractivity contribution in [1.29, 1.82) is 0 Å². The van der Waals surface area contributed by atoms with E-state index >= 15 is 0 Å². The quantitative estimate of drug-likeness (QED) is 0.211. The van der Waals surface area contributed by atoms with Gasteiger partial charge in [-0.05, 0) is 88.6 Å². The van der Waals surface area contributed by atoms with E-state index in [9.17, 15) is 14.4 Å². The van der Waals surface area contributed by atoms with E-state index < -0.39 is 23.0 Å². The molecule has 4 aromatic rings. The normalized spacial score (nSPS) is 25.3. The van der Waals surface area contributed by atoms with Gasteiger partial charge in [0.05, 0.1) is 34.8 Å². The minimum atomic E-state index is -1.28. The number of pyridine rings is 1. The Morgan fingerprint density at radius 1 is 1.17 bits per heavy atom. The van der Waals surface area contributed by atoms with Gasteiger partial charge in [-0.25, -0.2) is 10.4 Å². The van der Waals surface area contributed by atoms with E-state index in [4.69, 9.17) is 19.4 Å². The van der Waals surface area contributed by atoms with Crippen LogP contribution in [0.2, 0.25) is 0 Å². The van der Waals surface area contributed by atoms with Gasteiger partial charge in [-0.2, -0.15) is 0 Å². The Labute approximate surface area is 315 Å². The van der Waals surface area contributed by atoms with Crippen LogP contribution in [0.4, 0.5) is 0 Å². The van der Waals surface area contributed by atoms with E-state index in [1.165, 1.54) is 16.3 Å². The van der Waals surface area contributed by atoms with E-state index in [0.29, 0.717) is 25.8 Å². The van der Waals surface area contributed by atoms with Gasteiger partial charge in [0.1, 0.15) is 11.6 Å². The maximum atomic E-state index is 14.4. The summed E-state index contributed by atoms with van der Waals surface area (Å²) in [7, 11) is 1.70. The summed E-state index contributed by atoms with van der Waals surface area (Å²) in [5, 5.41) is 8.54. The lowest BCUT2D eigenvalue weighted by atomic mass is 9.74. The van der Waals surface area contributed by atoms with Crippen molar-refractivity contribution in [3.05, 3.63) is 58.2 Å². The standard InChI is InChI=1S/C41H52N6O5S/c1-8-46-33-16-14-26-19-29(33)30(36(46)28-11-9-17-42-35(28)25(3)51-7)20-40(4,5)23-52-38(49)31-12-10-18-47(45-31)39(50)41(6,21-34-43-32(26)22-53-34)44-37(48)27-15-13-24(27)2/h9,11,14,16-17,19,22,24-25,27,31,45H,8,10,12-13,15,18,20-21,23H2,1-7H3,(H,44,48)/t24-,25+,27-,31+,41?/m1/s1. The average Bonchev–Trinajstić information content (AvgIpc) is 3.73. The summed E-state index contributed by atoms with van der Waals surface area (Å²) in [6, 6.07) is 9.88. The highest BCUT2D eigenvalue weighted by molar-refractivity contribution is 7.10. The maximum Gasteiger partial charge on any atom is 0.324 e. The van der Waals surface area contributed by atoms with Gasteiger partial charge in [-0.15, -0.1) is 11.3 Å². The predicted octanol–water partition coefficient (Wildman–Crippen LogP) is 6.64. The molecule has 2 aliphatic heterocycles. The number of hydrogen-bond acceptors (Lipinski definition) is 9. The Morgan fingerprint density at radius 2 is 1.98 bits per heavy atom. The van der Waals surface area contributed by atoms with Crippen molar-refractivity contribution in [2.45, 2.75) is 104 Å². The van der Waals surface area contributed by atoms with Crippen molar-refractivity contribution in [3.63, 3.8) is 0 Å². The number of amides is 2. The number of fused-ring (bicyclic) bond motifs is 6. The molecule has 2 N–H and O–H groups in total. The summed E-state index contributed by atoms with van der Waals surface area (Å²) < 4.78 is 14.2. The number of hydrogen-bond donors (Lipinski definition) is 2. The minimum absolute atomic E-state index is 0.111. The first-order valence-electron chi connectivity index (χ1n) is 19.0. The molecule has 0 radical (unpaired) electrons. The highest BCUT2D eigenvalue weighted by atomic mass is 32.1. The molecule has 1 saturated heterocycles. The van der Waals surface area contributed by atoms with Gasteiger partial charge in [0, 0.05) is 71.6 Å². The summed E-state index contributed by atoms with van der Waals surface area (Å²) in [5.74, 6) is -0.643. The largest absolute Gasteiger partial charge is 0.464 e. The third kappa shape index (κ3) is 7.13. The second kappa shape index (κ2) is 14.6. The molecule has 282 valence electrons. The number of benzene rings is 1. The van der Waals surface area contributed by atoms with E-state index in [1.807, 2.05) is 18.4 Å². The smallest absolute Gasteiger partial charge is 0.324 e. The van der Waals surface area contributed by atoms with Crippen LogP contribution in [-0.4, -0.2) is 69.2 Å². The third-order valence-corrected chi connectivity index (χ3v) is 12.3. The van der Waals surface area contributed by atoms with E-state index in [1.54, 1.807) is 20.2 Å². The first kappa shape index (κ1) is 37.2. The average molecular weight is 741 g/mol. The van der Waals surface area contributed by atoms with Crippen LogP contribution in [0, 0.1) is 17.3 Å². The summed E-state index contributed by atoms with van der Waals surface area (Å²) in [5.41, 5.74) is 8.42. The summed E-state index contributed by atoms with van der Waals surface area (Å²) in [4.78, 5) is 51.5. The lowest BCUT2D eigenvalue weighted by molar-refractivity contribution is -0.157. The molecular weight excluding hydrogens is 689 g/mol. The van der Waals surface area contributed by atoms with Crippen LogP contribution in [0.25, 0.3) is 33.4 Å². The number of hydrazine groups is 1. The van der Waals surface area contributed by atoms with Crippen molar-refractivity contribution in [2.75, 3.05) is 20.3 Å². The Bertz CT molecular complexity index is 2040. The van der Waals surface area contributed by atoms with Crippen LogP contribution in [0.1, 0.15) is 89.6 Å². The molecule has 5 atom stereocenters. The minimum Gasteiger partial charge on any atom is -0.464 e. The highest BCUT2D eigenvalue weighted by Crippen LogP contribution is 2.42. The van der Waals surface area contributed by atoms with E-state index in [0.717, 1.165) is 69.1 Å². The van der Waals surface area contributed by atoms with E-state index in [-0.39, 0.29) is 42.8 Å². The predicted molar refractivity (Wildman–Crippen MR) is 206 cm³/mol. The van der Waals surface area contributed by atoms with Crippen LogP contribution in [0.5, 0.6) is 0 Å². The van der Waals surface area contributed by atoms with Crippen molar-refractivity contribution < 1.29 is 23.9 Å². The molecule has 1 aliphatic carbocycles. The Hall–Kier alpha value is -4.13. The molecule has 1 unspecified atom stereocenters. The lowest BCUT2D eigenvalue weighted by Gasteiger charge is -2.41. The Balaban J connectivity index is 1.37. The van der Waals surface area contributed by atoms with Crippen LogP contribution in [-0.2, 0) is 43.2 Å². The number of cyclic esters (lactones) is 1. The molecule has 11 nitrogen and oxygen atoms in total. The Kier molecular flexibility index (Phi) is 10.2. The van der Waals surface area contributed by atoms with Crippen molar-refractivity contribution in [1.82, 2.24) is 30.3 Å². The zero-order valence-corrected chi connectivity index (χ0v) is 32.8. The molecule has 2 fully saturated rings. The molecule has 12 heteroatoms. The van der Waals surface area contributed by atoms with Gasteiger partial charge in [0.15, 0.2) is 0 Å². The van der Waals surface area contributed by atoms with Crippen molar-refractivity contribution in [3.8, 4) is 22.5 Å². The van der Waals surface area contributed by atoms with Crippen molar-refractivity contribution >= 4 is 40.0 Å². The lowest BCUT2D eigenvalue weighted by Crippen LogP contribution is -2.66. The Morgan fingerprint density at radius 3 is 2.70 bits per heavy atom. The number of thiazole rings is 1. The van der Waals surface area contributed by atoms with Gasteiger partial charge >= 0.3 is 5.97 Å².